The number of hydrogen-bond donors (Lipinski definition) is 0. The molecule has 0 aliphatic rings. The fourth-order valence-electron chi connectivity index (χ4n) is 6.71. The van der Waals surface area contributed by atoms with Crippen molar-refractivity contribution in [3.05, 3.63) is 134 Å². The normalized spacial score (nSPS) is 13.2. The van der Waals surface area contributed by atoms with Gasteiger partial charge in [-0.05, 0) is 109 Å². The van der Waals surface area contributed by atoms with Crippen LogP contribution in [0.15, 0.2) is 134 Å². The molecule has 1 atom stereocenters. The Morgan fingerprint density at radius 2 is 0.597 bits per heavy atom. The summed E-state index contributed by atoms with van der Waals surface area (Å²) in [7, 11) is 0. The van der Waals surface area contributed by atoms with Gasteiger partial charge in [0.2, 0.25) is 0 Å². The lowest BCUT2D eigenvalue weighted by Crippen LogP contribution is -2.30. The maximum absolute atomic E-state index is 12.8. The van der Waals surface area contributed by atoms with Crippen LogP contribution in [0.5, 0.6) is 0 Å². The quantitative estimate of drug-likeness (QED) is 0.0262. The van der Waals surface area contributed by atoms with Crippen molar-refractivity contribution in [2.75, 3.05) is 13.2 Å². The largest absolute Gasteiger partial charge is 0.462 e. The average molecular weight is 925 g/mol. The van der Waals surface area contributed by atoms with E-state index in [1.165, 1.54) is 51.4 Å². The van der Waals surface area contributed by atoms with Gasteiger partial charge in [-0.25, -0.2) is 0 Å². The fourth-order valence-corrected chi connectivity index (χ4v) is 6.71. The molecule has 0 amide bonds. The second-order valence-electron chi connectivity index (χ2n) is 17.0. The lowest BCUT2D eigenvalue weighted by molar-refractivity contribution is -0.167. The molecule has 0 rings (SSSR count). The number of esters is 3. The summed E-state index contributed by atoms with van der Waals surface area (Å²) >= 11 is 0. The van der Waals surface area contributed by atoms with E-state index in [4.69, 9.17) is 14.2 Å². The first-order chi connectivity index (χ1) is 33.0. The predicted molar refractivity (Wildman–Crippen MR) is 288 cm³/mol. The van der Waals surface area contributed by atoms with Crippen LogP contribution >= 0.6 is 0 Å². The summed E-state index contributed by atoms with van der Waals surface area (Å²) in [6, 6.07) is 0. The van der Waals surface area contributed by atoms with E-state index in [2.05, 4.69) is 154 Å². The van der Waals surface area contributed by atoms with Gasteiger partial charge in [0.15, 0.2) is 6.10 Å². The molecule has 6 nitrogen and oxygen atoms in total. The first-order valence-electron chi connectivity index (χ1n) is 26.7. The maximum Gasteiger partial charge on any atom is 0.306 e. The van der Waals surface area contributed by atoms with Crippen molar-refractivity contribution < 1.29 is 28.6 Å². The van der Waals surface area contributed by atoms with Crippen molar-refractivity contribution in [3.8, 4) is 0 Å². The summed E-state index contributed by atoms with van der Waals surface area (Å²) in [4.78, 5) is 38.0. The van der Waals surface area contributed by atoms with Gasteiger partial charge in [-0.15, -0.1) is 0 Å². The molecule has 0 saturated heterocycles. The molecule has 0 fully saturated rings. The second-order valence-corrected chi connectivity index (χ2v) is 17.0. The van der Waals surface area contributed by atoms with Crippen molar-refractivity contribution in [1.82, 2.24) is 0 Å². The molecule has 0 aliphatic heterocycles. The third-order valence-corrected chi connectivity index (χ3v) is 10.7. The predicted octanol–water partition coefficient (Wildman–Crippen LogP) is 17.9. The highest BCUT2D eigenvalue weighted by atomic mass is 16.6. The van der Waals surface area contributed by atoms with Gasteiger partial charge in [0.25, 0.3) is 0 Å². The SMILES string of the molecule is CC/C=C\C/C=C\C/C=C\C/C=C\C/C=C\C/C=C\C/C=C\CCCC(=O)OCC(COC(=O)CCCCCCCCCCCCC)OC(=O)CCCC/C=C\C/C=C\C/C=C\C/C=C\CC. The van der Waals surface area contributed by atoms with Crippen LogP contribution < -0.4 is 0 Å². The summed E-state index contributed by atoms with van der Waals surface area (Å²) in [5, 5.41) is 0. The zero-order valence-electron chi connectivity index (χ0n) is 42.9. The number of carbonyl (C=O) groups is 3. The molecule has 6 heteroatoms. The Bertz CT molecular complexity index is 1480. The first kappa shape index (κ1) is 62.5. The Balaban J connectivity index is 4.52. The summed E-state index contributed by atoms with van der Waals surface area (Å²) in [5.41, 5.74) is 0. The van der Waals surface area contributed by atoms with Gasteiger partial charge in [-0.1, -0.05) is 219 Å². The van der Waals surface area contributed by atoms with E-state index >= 15 is 0 Å². The summed E-state index contributed by atoms with van der Waals surface area (Å²) in [6.07, 6.45) is 75.9. The van der Waals surface area contributed by atoms with E-state index in [-0.39, 0.29) is 44.0 Å². The zero-order chi connectivity index (χ0) is 48.6. The number of allylic oxidation sites excluding steroid dienone is 22. The molecule has 0 aromatic rings. The van der Waals surface area contributed by atoms with Gasteiger partial charge in [-0.3, -0.25) is 14.4 Å². The highest BCUT2D eigenvalue weighted by Gasteiger charge is 2.19. The third kappa shape index (κ3) is 52.4. The Labute approximate surface area is 411 Å². The molecule has 0 bridgehead atoms. The molecule has 0 aromatic carbocycles. The van der Waals surface area contributed by atoms with Crippen molar-refractivity contribution >= 4 is 17.9 Å². The topological polar surface area (TPSA) is 78.9 Å². The maximum atomic E-state index is 12.8. The van der Waals surface area contributed by atoms with Gasteiger partial charge >= 0.3 is 17.9 Å². The molecule has 376 valence electrons. The summed E-state index contributed by atoms with van der Waals surface area (Å²) in [6.45, 7) is 6.30. The van der Waals surface area contributed by atoms with Crippen LogP contribution in [0.25, 0.3) is 0 Å². The van der Waals surface area contributed by atoms with Gasteiger partial charge in [0.1, 0.15) is 13.2 Å². The number of ether oxygens (including phenoxy) is 3. The van der Waals surface area contributed by atoms with Crippen LogP contribution in [0.1, 0.15) is 213 Å². The number of carbonyl (C=O) groups excluding carboxylic acids is 3. The van der Waals surface area contributed by atoms with Crippen molar-refractivity contribution in [2.45, 2.75) is 219 Å². The molecule has 0 saturated carbocycles. The lowest BCUT2D eigenvalue weighted by Gasteiger charge is -2.18. The van der Waals surface area contributed by atoms with Crippen molar-refractivity contribution in [1.29, 1.82) is 0 Å². The van der Waals surface area contributed by atoms with Gasteiger partial charge < -0.3 is 14.2 Å². The van der Waals surface area contributed by atoms with Crippen molar-refractivity contribution in [2.24, 2.45) is 0 Å². The van der Waals surface area contributed by atoms with E-state index in [9.17, 15) is 14.4 Å². The van der Waals surface area contributed by atoms with Crippen LogP contribution in [0.2, 0.25) is 0 Å². The number of hydrogen-bond acceptors (Lipinski definition) is 6. The summed E-state index contributed by atoms with van der Waals surface area (Å²) in [5.74, 6) is -1.03. The minimum Gasteiger partial charge on any atom is -0.462 e. The van der Waals surface area contributed by atoms with E-state index in [0.29, 0.717) is 19.3 Å². The number of unbranched alkanes of at least 4 members (excludes halogenated alkanes) is 13. The monoisotopic (exact) mass is 925 g/mol. The molecular weight excluding hydrogens is 829 g/mol. The Kier molecular flexibility index (Phi) is 50.6. The fraction of sp³-hybridized carbons (Fsp3) is 0.590. The zero-order valence-corrected chi connectivity index (χ0v) is 42.9. The molecule has 0 N–H and O–H groups in total. The molecule has 0 radical (unpaired) electrons. The third-order valence-electron chi connectivity index (χ3n) is 10.7. The Hall–Kier alpha value is -4.45. The number of rotatable bonds is 46. The van der Waals surface area contributed by atoms with E-state index in [1.807, 2.05) is 0 Å². The van der Waals surface area contributed by atoms with Crippen LogP contribution in [0.4, 0.5) is 0 Å². The van der Waals surface area contributed by atoms with E-state index < -0.39 is 6.10 Å². The smallest absolute Gasteiger partial charge is 0.306 e. The first-order valence-corrected chi connectivity index (χ1v) is 26.7. The van der Waals surface area contributed by atoms with Crippen LogP contribution in [0, 0.1) is 0 Å². The molecule has 0 spiro atoms. The average Bonchev–Trinajstić information content (AvgIpc) is 3.33. The highest BCUT2D eigenvalue weighted by Crippen LogP contribution is 2.13. The highest BCUT2D eigenvalue weighted by molar-refractivity contribution is 5.71. The van der Waals surface area contributed by atoms with E-state index in [0.717, 1.165) is 109 Å². The standard InChI is InChI=1S/C61H96O6/c1-4-7-10-13-16-19-22-24-26-27-28-29-30-31-32-33-35-36-39-42-45-48-51-54-60(63)66-57-58(56-65-59(62)53-50-47-44-41-38-21-18-15-12-9-6-3)67-61(64)55-52-49-46-43-40-37-34-25-23-20-17-14-11-8-5-2/h7-8,10-11,16-17,19-20,24-26,28-29,31-32,34-36,40,42-43,45,58H,4-6,9,12-15,18,21-23,27,30,33,37-39,41,44,46-57H2,1-3H3/b10-7-,11-8-,19-16-,20-17-,26-24-,29-28-,32-31-,34-25-,36-35-,43-40-,45-42-. The Morgan fingerprint density at radius 1 is 0.313 bits per heavy atom. The van der Waals surface area contributed by atoms with Gasteiger partial charge in [-0.2, -0.15) is 0 Å². The molecule has 67 heavy (non-hydrogen) atoms. The second kappa shape index (κ2) is 54.2. The van der Waals surface area contributed by atoms with Gasteiger partial charge in [0, 0.05) is 19.3 Å². The Morgan fingerprint density at radius 3 is 0.970 bits per heavy atom. The lowest BCUT2D eigenvalue weighted by atomic mass is 10.1. The molecular formula is C61H96O6. The van der Waals surface area contributed by atoms with Crippen LogP contribution in [-0.4, -0.2) is 37.2 Å². The molecule has 1 unspecified atom stereocenters. The van der Waals surface area contributed by atoms with Crippen LogP contribution in [-0.2, 0) is 28.6 Å². The molecule has 0 aromatic heterocycles. The minimum absolute atomic E-state index is 0.116. The van der Waals surface area contributed by atoms with Crippen molar-refractivity contribution in [3.63, 3.8) is 0 Å². The minimum atomic E-state index is -0.826. The van der Waals surface area contributed by atoms with E-state index in [1.54, 1.807) is 0 Å². The van der Waals surface area contributed by atoms with Crippen LogP contribution in [0.3, 0.4) is 0 Å². The molecule has 0 heterocycles. The molecule has 0 aliphatic carbocycles. The summed E-state index contributed by atoms with van der Waals surface area (Å²) < 4.78 is 16.7. The van der Waals surface area contributed by atoms with Gasteiger partial charge in [0.05, 0.1) is 0 Å².